The zero-order chi connectivity index (χ0) is 5.28. The maximum Gasteiger partial charge on any atom is 0.321 e. The Labute approximate surface area is 56.3 Å². The van der Waals surface area contributed by atoms with Crippen molar-refractivity contribution in [3.8, 4) is 0 Å². The van der Waals surface area contributed by atoms with Gasteiger partial charge in [-0.05, 0) is 0 Å². The molecule has 1 aliphatic heterocycles. The normalized spacial score (nSPS) is 13.2. The first kappa shape index (κ1) is 15.9. The van der Waals surface area contributed by atoms with Crippen LogP contribution in [-0.4, -0.2) is 34.9 Å². The van der Waals surface area contributed by atoms with Crippen LogP contribution < -0.4 is 10.6 Å². The molecule has 1 fully saturated rings. The fourth-order valence-corrected chi connectivity index (χ4v) is 0.376. The van der Waals surface area contributed by atoms with Gasteiger partial charge in [0.1, 0.15) is 0 Å². The second-order valence-electron chi connectivity index (χ2n) is 1.23. The van der Waals surface area contributed by atoms with E-state index in [2.05, 4.69) is 5.32 Å². The Hall–Kier alpha value is -1.18. The summed E-state index contributed by atoms with van der Waals surface area (Å²) in [7, 11) is 0. The first-order valence-corrected chi connectivity index (χ1v) is 1.87. The quantitative estimate of drug-likeness (QED) is 0.345. The van der Waals surface area contributed by atoms with Gasteiger partial charge in [0.15, 0.2) is 0 Å². The average Bonchev–Trinajstić information content (AvgIpc) is 1.87. The summed E-state index contributed by atoms with van der Waals surface area (Å²) in [6.45, 7) is 0.124. The van der Waals surface area contributed by atoms with Crippen molar-refractivity contribution in [1.82, 2.24) is 10.6 Å². The summed E-state index contributed by atoms with van der Waals surface area (Å²) in [4.78, 5) is 20.1. The van der Waals surface area contributed by atoms with Gasteiger partial charge in [-0.3, -0.25) is 10.1 Å². The van der Waals surface area contributed by atoms with E-state index in [4.69, 9.17) is 0 Å². The van der Waals surface area contributed by atoms with Crippen molar-refractivity contribution in [2.75, 3.05) is 6.54 Å². The Morgan fingerprint density at radius 3 is 1.70 bits per heavy atom. The Morgan fingerprint density at radius 2 is 1.60 bits per heavy atom. The molecule has 0 aromatic heterocycles. The third-order valence-electron chi connectivity index (χ3n) is 0.662. The van der Waals surface area contributed by atoms with Crippen LogP contribution in [0, 0.1) is 0 Å². The molecular formula is C3H10N2O5. The number of urea groups is 1. The van der Waals surface area contributed by atoms with E-state index < -0.39 is 6.03 Å². The number of nitrogens with one attached hydrogen (secondary N) is 2. The summed E-state index contributed by atoms with van der Waals surface area (Å²) in [5.41, 5.74) is 0. The highest BCUT2D eigenvalue weighted by atomic mass is 16.2. The van der Waals surface area contributed by atoms with Crippen molar-refractivity contribution in [3.63, 3.8) is 0 Å². The minimum absolute atomic E-state index is 0. The number of carbonyl (C=O) groups excluding carboxylic acids is 2. The summed E-state index contributed by atoms with van der Waals surface area (Å²) in [5, 5.41) is 4.30. The molecule has 1 aliphatic rings. The molecule has 62 valence electrons. The van der Waals surface area contributed by atoms with Crippen molar-refractivity contribution >= 4 is 11.9 Å². The Kier molecular flexibility index (Phi) is 9.47. The fraction of sp³-hybridized carbons (Fsp3) is 0.333. The van der Waals surface area contributed by atoms with Gasteiger partial charge in [0, 0.05) is 0 Å². The molecule has 0 aromatic carbocycles. The lowest BCUT2D eigenvalue weighted by atomic mass is 10.7. The molecule has 7 nitrogen and oxygen atoms in total. The van der Waals surface area contributed by atoms with Gasteiger partial charge in [0.05, 0.1) is 6.54 Å². The van der Waals surface area contributed by atoms with Crippen molar-refractivity contribution in [1.29, 1.82) is 0 Å². The molecule has 8 N–H and O–H groups in total. The lowest BCUT2D eigenvalue weighted by Crippen LogP contribution is -2.22. The smallest absolute Gasteiger partial charge is 0.321 e. The van der Waals surface area contributed by atoms with E-state index in [1.165, 1.54) is 0 Å². The van der Waals surface area contributed by atoms with E-state index >= 15 is 0 Å². The highest BCUT2D eigenvalue weighted by Crippen LogP contribution is 1.73. The third kappa shape index (κ3) is 3.78. The number of hydrogen-bond donors (Lipinski definition) is 2. The molecule has 1 rings (SSSR count). The molecule has 0 spiro atoms. The van der Waals surface area contributed by atoms with Crippen LogP contribution in [0.1, 0.15) is 0 Å². The maximum absolute atomic E-state index is 10.1. The van der Waals surface area contributed by atoms with E-state index in [0.717, 1.165) is 0 Å². The van der Waals surface area contributed by atoms with E-state index in [-0.39, 0.29) is 28.9 Å². The summed E-state index contributed by atoms with van der Waals surface area (Å²) in [6.07, 6.45) is 0. The van der Waals surface area contributed by atoms with Crippen LogP contribution in [0.2, 0.25) is 0 Å². The van der Waals surface area contributed by atoms with Gasteiger partial charge < -0.3 is 21.7 Å². The fourth-order valence-electron chi connectivity index (χ4n) is 0.376. The van der Waals surface area contributed by atoms with Gasteiger partial charge in [-0.25, -0.2) is 4.79 Å². The van der Waals surface area contributed by atoms with Gasteiger partial charge in [0.25, 0.3) is 0 Å². The van der Waals surface area contributed by atoms with Crippen molar-refractivity contribution in [3.05, 3.63) is 0 Å². The molecule has 0 aliphatic carbocycles. The van der Waals surface area contributed by atoms with Crippen molar-refractivity contribution in [2.24, 2.45) is 0 Å². The standard InChI is InChI=1S/C3H4N2O2.3H2O/c6-2-1-4-3(7)5-2;;;/h1H2,(H2,4,5,6,7);3*1H2. The third-order valence-corrected chi connectivity index (χ3v) is 0.662. The molecule has 0 bridgehead atoms. The Morgan fingerprint density at radius 1 is 1.10 bits per heavy atom. The first-order valence-electron chi connectivity index (χ1n) is 1.87. The molecule has 0 saturated carbocycles. The molecule has 0 unspecified atom stereocenters. The van der Waals surface area contributed by atoms with E-state index in [1.807, 2.05) is 5.32 Å². The van der Waals surface area contributed by atoms with E-state index in [1.54, 1.807) is 0 Å². The molecule has 7 heteroatoms. The molecule has 0 aromatic rings. The van der Waals surface area contributed by atoms with Crippen LogP contribution in [0.25, 0.3) is 0 Å². The van der Waals surface area contributed by atoms with Crippen LogP contribution in [-0.2, 0) is 4.79 Å². The van der Waals surface area contributed by atoms with Gasteiger partial charge in [0.2, 0.25) is 5.91 Å². The molecule has 10 heavy (non-hydrogen) atoms. The summed E-state index contributed by atoms with van der Waals surface area (Å²) in [6, 6.07) is -0.398. The van der Waals surface area contributed by atoms with Crippen LogP contribution >= 0.6 is 0 Å². The minimum atomic E-state index is -0.398. The van der Waals surface area contributed by atoms with Crippen LogP contribution in [0.3, 0.4) is 0 Å². The second-order valence-corrected chi connectivity index (χ2v) is 1.23. The van der Waals surface area contributed by atoms with E-state index in [0.29, 0.717) is 0 Å². The van der Waals surface area contributed by atoms with Crippen LogP contribution in [0.15, 0.2) is 0 Å². The highest BCUT2D eigenvalue weighted by molar-refractivity contribution is 6.01. The zero-order valence-corrected chi connectivity index (χ0v) is 5.02. The molecule has 0 atom stereocenters. The largest absolute Gasteiger partial charge is 0.412 e. The Balaban J connectivity index is -0.000000163. The van der Waals surface area contributed by atoms with Gasteiger partial charge in [-0.2, -0.15) is 0 Å². The SMILES string of the molecule is O.O.O.O=C1CNC(=O)N1. The predicted octanol–water partition coefficient (Wildman–Crippen LogP) is -3.65. The molecule has 1 heterocycles. The number of hydrogen-bond acceptors (Lipinski definition) is 2. The van der Waals surface area contributed by atoms with Gasteiger partial charge in [-0.15, -0.1) is 0 Å². The molecule has 0 radical (unpaired) electrons. The zero-order valence-electron chi connectivity index (χ0n) is 5.02. The molecule has 3 amide bonds. The topological polar surface area (TPSA) is 153 Å². The highest BCUT2D eigenvalue weighted by Gasteiger charge is 2.14. The number of amides is 3. The lowest BCUT2D eigenvalue weighted by Gasteiger charge is -1.78. The summed E-state index contributed by atoms with van der Waals surface area (Å²) < 4.78 is 0. The average molecular weight is 154 g/mol. The van der Waals surface area contributed by atoms with Crippen LogP contribution in [0.4, 0.5) is 4.79 Å². The maximum atomic E-state index is 10.1. The Bertz CT molecular complexity index is 110. The van der Waals surface area contributed by atoms with Gasteiger partial charge >= 0.3 is 6.03 Å². The number of imide groups is 1. The van der Waals surface area contributed by atoms with Gasteiger partial charge in [-0.1, -0.05) is 0 Å². The predicted molar refractivity (Wildman–Crippen MR) is 32.4 cm³/mol. The molecular weight excluding hydrogens is 144 g/mol. The lowest BCUT2D eigenvalue weighted by molar-refractivity contribution is -0.117. The second kappa shape index (κ2) is 5.95. The monoisotopic (exact) mass is 154 g/mol. The van der Waals surface area contributed by atoms with Crippen molar-refractivity contribution < 1.29 is 26.0 Å². The number of rotatable bonds is 0. The summed E-state index contributed by atoms with van der Waals surface area (Å²) >= 11 is 0. The van der Waals surface area contributed by atoms with E-state index in [9.17, 15) is 9.59 Å². The van der Waals surface area contributed by atoms with Crippen LogP contribution in [0.5, 0.6) is 0 Å². The minimum Gasteiger partial charge on any atom is -0.412 e. The summed E-state index contributed by atoms with van der Waals surface area (Å²) in [5.74, 6) is -0.259. The molecule has 1 saturated heterocycles. The first-order chi connectivity index (χ1) is 3.29. The van der Waals surface area contributed by atoms with Crippen molar-refractivity contribution in [2.45, 2.75) is 0 Å². The number of carbonyl (C=O) groups is 2.